The van der Waals surface area contributed by atoms with Gasteiger partial charge in [-0.15, -0.1) is 0 Å². The predicted octanol–water partition coefficient (Wildman–Crippen LogP) is 0.328. The SMILES string of the molecule is CCCCCOCC(=O)N1CCN(C)CC1CO. The Kier molecular flexibility index (Phi) is 7.23. The number of piperazine rings is 1. The first-order chi connectivity index (χ1) is 8.69. The summed E-state index contributed by atoms with van der Waals surface area (Å²) < 4.78 is 5.38. The van der Waals surface area contributed by atoms with Crippen molar-refractivity contribution in [3.63, 3.8) is 0 Å². The molecule has 1 atom stereocenters. The number of aliphatic hydroxyl groups excluding tert-OH is 1. The van der Waals surface area contributed by atoms with E-state index < -0.39 is 0 Å². The molecule has 1 aliphatic heterocycles. The van der Waals surface area contributed by atoms with E-state index in [0.717, 1.165) is 32.4 Å². The second kappa shape index (κ2) is 8.45. The van der Waals surface area contributed by atoms with Crippen molar-refractivity contribution in [1.29, 1.82) is 0 Å². The molecule has 18 heavy (non-hydrogen) atoms. The number of rotatable bonds is 7. The zero-order chi connectivity index (χ0) is 13.4. The molecule has 0 aromatic carbocycles. The minimum Gasteiger partial charge on any atom is -0.394 e. The number of hydrogen-bond donors (Lipinski definition) is 1. The summed E-state index contributed by atoms with van der Waals surface area (Å²) in [6.45, 7) is 5.23. The van der Waals surface area contributed by atoms with E-state index in [-0.39, 0.29) is 25.2 Å². The minimum absolute atomic E-state index is 0.00125. The molecule has 0 aliphatic carbocycles. The van der Waals surface area contributed by atoms with Gasteiger partial charge in [0.1, 0.15) is 6.61 Å². The molecule has 1 rings (SSSR count). The van der Waals surface area contributed by atoms with Crippen LogP contribution in [0.4, 0.5) is 0 Å². The fraction of sp³-hybridized carbons (Fsp3) is 0.923. The Bertz CT molecular complexity index is 248. The normalized spacial score (nSPS) is 21.3. The molecule has 0 saturated carbocycles. The van der Waals surface area contributed by atoms with Gasteiger partial charge in [-0.1, -0.05) is 19.8 Å². The fourth-order valence-corrected chi connectivity index (χ4v) is 2.19. The van der Waals surface area contributed by atoms with Gasteiger partial charge in [0.05, 0.1) is 12.6 Å². The van der Waals surface area contributed by atoms with Gasteiger partial charge in [0.15, 0.2) is 0 Å². The number of amides is 1. The third kappa shape index (κ3) is 4.92. The molecule has 1 aliphatic rings. The quantitative estimate of drug-likeness (QED) is 0.669. The number of unbranched alkanes of at least 4 members (excludes halogenated alkanes) is 2. The van der Waals surface area contributed by atoms with Crippen molar-refractivity contribution in [2.24, 2.45) is 0 Å². The average Bonchev–Trinajstić information content (AvgIpc) is 2.38. The van der Waals surface area contributed by atoms with Gasteiger partial charge in [-0.25, -0.2) is 0 Å². The summed E-state index contributed by atoms with van der Waals surface area (Å²) in [5.74, 6) is -0.00125. The van der Waals surface area contributed by atoms with Crippen molar-refractivity contribution in [2.75, 3.05) is 46.5 Å². The summed E-state index contributed by atoms with van der Waals surface area (Å²) in [5.41, 5.74) is 0. The topological polar surface area (TPSA) is 53.0 Å². The molecule has 0 bridgehead atoms. The van der Waals surface area contributed by atoms with Gasteiger partial charge < -0.3 is 19.6 Å². The smallest absolute Gasteiger partial charge is 0.248 e. The molecule has 0 aromatic heterocycles. The van der Waals surface area contributed by atoms with E-state index in [0.29, 0.717) is 13.2 Å². The lowest BCUT2D eigenvalue weighted by Crippen LogP contribution is -2.56. The van der Waals surface area contributed by atoms with E-state index >= 15 is 0 Å². The Hall–Kier alpha value is -0.650. The van der Waals surface area contributed by atoms with E-state index in [4.69, 9.17) is 4.74 Å². The lowest BCUT2D eigenvalue weighted by molar-refractivity contribution is -0.142. The number of hydrogen-bond acceptors (Lipinski definition) is 4. The Morgan fingerprint density at radius 1 is 1.39 bits per heavy atom. The molecule has 1 unspecified atom stereocenters. The molecule has 1 heterocycles. The third-order valence-corrected chi connectivity index (χ3v) is 3.33. The van der Waals surface area contributed by atoms with Crippen LogP contribution >= 0.6 is 0 Å². The van der Waals surface area contributed by atoms with Gasteiger partial charge in [-0.05, 0) is 13.5 Å². The second-order valence-electron chi connectivity index (χ2n) is 4.95. The highest BCUT2D eigenvalue weighted by Crippen LogP contribution is 2.08. The molecular weight excluding hydrogens is 232 g/mol. The Labute approximate surface area is 110 Å². The molecule has 106 valence electrons. The van der Waals surface area contributed by atoms with E-state index in [9.17, 15) is 9.90 Å². The van der Waals surface area contributed by atoms with Crippen LogP contribution in [0, 0.1) is 0 Å². The highest BCUT2D eigenvalue weighted by molar-refractivity contribution is 5.78. The van der Waals surface area contributed by atoms with Gasteiger partial charge in [0, 0.05) is 26.2 Å². The molecule has 1 saturated heterocycles. The first-order valence-corrected chi connectivity index (χ1v) is 6.85. The molecule has 0 spiro atoms. The number of aliphatic hydroxyl groups is 1. The van der Waals surface area contributed by atoms with Crippen LogP contribution in [0.25, 0.3) is 0 Å². The van der Waals surface area contributed by atoms with Crippen LogP contribution in [0.3, 0.4) is 0 Å². The fourth-order valence-electron chi connectivity index (χ4n) is 2.19. The van der Waals surface area contributed by atoms with Crippen LogP contribution in [0.5, 0.6) is 0 Å². The number of carbonyl (C=O) groups excluding carboxylic acids is 1. The summed E-state index contributed by atoms with van der Waals surface area (Å²) >= 11 is 0. The van der Waals surface area contributed by atoms with Crippen LogP contribution in [-0.2, 0) is 9.53 Å². The van der Waals surface area contributed by atoms with Gasteiger partial charge >= 0.3 is 0 Å². The highest BCUT2D eigenvalue weighted by atomic mass is 16.5. The van der Waals surface area contributed by atoms with Crippen LogP contribution in [0.15, 0.2) is 0 Å². The standard InChI is InChI=1S/C13H26N2O3/c1-3-4-5-8-18-11-13(17)15-7-6-14(2)9-12(15)10-16/h12,16H,3-11H2,1-2H3. The van der Waals surface area contributed by atoms with Crippen molar-refractivity contribution >= 4 is 5.91 Å². The maximum absolute atomic E-state index is 12.0. The molecule has 1 amide bonds. The van der Waals surface area contributed by atoms with Crippen LogP contribution < -0.4 is 0 Å². The summed E-state index contributed by atoms with van der Waals surface area (Å²) in [6, 6.07) is -0.0875. The molecule has 1 fully saturated rings. The zero-order valence-electron chi connectivity index (χ0n) is 11.6. The van der Waals surface area contributed by atoms with Crippen molar-refractivity contribution < 1.29 is 14.6 Å². The second-order valence-corrected chi connectivity index (χ2v) is 4.95. The lowest BCUT2D eigenvalue weighted by Gasteiger charge is -2.39. The van der Waals surface area contributed by atoms with Crippen LogP contribution in [-0.4, -0.2) is 73.4 Å². The maximum atomic E-state index is 12.0. The monoisotopic (exact) mass is 258 g/mol. The molecule has 5 heteroatoms. The van der Waals surface area contributed by atoms with E-state index in [2.05, 4.69) is 11.8 Å². The Morgan fingerprint density at radius 2 is 2.17 bits per heavy atom. The maximum Gasteiger partial charge on any atom is 0.248 e. The molecule has 0 aromatic rings. The molecule has 1 N–H and O–H groups in total. The summed E-state index contributed by atoms with van der Waals surface area (Å²) in [5, 5.41) is 9.31. The van der Waals surface area contributed by atoms with Gasteiger partial charge in [-0.3, -0.25) is 4.79 Å². The molecule has 0 radical (unpaired) electrons. The largest absolute Gasteiger partial charge is 0.394 e. The van der Waals surface area contributed by atoms with Crippen molar-refractivity contribution in [3.05, 3.63) is 0 Å². The van der Waals surface area contributed by atoms with Crippen molar-refractivity contribution in [1.82, 2.24) is 9.80 Å². The number of nitrogens with zero attached hydrogens (tertiary/aromatic N) is 2. The van der Waals surface area contributed by atoms with Gasteiger partial charge in [0.2, 0.25) is 5.91 Å². The molecule has 5 nitrogen and oxygen atoms in total. The van der Waals surface area contributed by atoms with Crippen molar-refractivity contribution in [3.8, 4) is 0 Å². The Morgan fingerprint density at radius 3 is 2.83 bits per heavy atom. The molecular formula is C13H26N2O3. The summed E-state index contributed by atoms with van der Waals surface area (Å²) in [4.78, 5) is 15.9. The number of likely N-dealkylation sites (N-methyl/N-ethyl adjacent to an activating group) is 1. The van der Waals surface area contributed by atoms with Gasteiger partial charge in [0.25, 0.3) is 0 Å². The van der Waals surface area contributed by atoms with Crippen LogP contribution in [0.2, 0.25) is 0 Å². The van der Waals surface area contributed by atoms with E-state index in [1.807, 2.05) is 7.05 Å². The first-order valence-electron chi connectivity index (χ1n) is 6.85. The lowest BCUT2D eigenvalue weighted by atomic mass is 10.2. The summed E-state index contributed by atoms with van der Waals surface area (Å²) in [6.07, 6.45) is 3.31. The zero-order valence-corrected chi connectivity index (χ0v) is 11.6. The minimum atomic E-state index is -0.0875. The predicted molar refractivity (Wildman–Crippen MR) is 70.4 cm³/mol. The van der Waals surface area contributed by atoms with E-state index in [1.165, 1.54) is 0 Å². The number of ether oxygens (including phenoxy) is 1. The number of carbonyl (C=O) groups is 1. The third-order valence-electron chi connectivity index (χ3n) is 3.33. The first kappa shape index (κ1) is 15.4. The van der Waals surface area contributed by atoms with Crippen LogP contribution in [0.1, 0.15) is 26.2 Å². The Balaban J connectivity index is 2.27. The average molecular weight is 258 g/mol. The van der Waals surface area contributed by atoms with E-state index in [1.54, 1.807) is 4.90 Å². The summed E-state index contributed by atoms with van der Waals surface area (Å²) in [7, 11) is 2.01. The highest BCUT2D eigenvalue weighted by Gasteiger charge is 2.28. The van der Waals surface area contributed by atoms with Gasteiger partial charge in [-0.2, -0.15) is 0 Å². The van der Waals surface area contributed by atoms with Crippen molar-refractivity contribution in [2.45, 2.75) is 32.2 Å².